The first-order chi connectivity index (χ1) is 23.3. The van der Waals surface area contributed by atoms with Gasteiger partial charge in [0.1, 0.15) is 0 Å². The standard InChI is InChI=1S/C45H40BNS/c1-26(2)29-10-9-11-34(20-29)47-41-24-31(28(5)6)15-18-40(41)46-39-17-14-30(27(3)4)21-36(39)38-23-33(25-42(47)45(38)46)32-16-19-44-37(22-32)35-12-7-8-13-43(35)48-44/h7-28H,1-6H3. The number of nitrogens with zero attached hydrogens (tertiary/aromatic N) is 1. The molecule has 0 aliphatic carbocycles. The maximum atomic E-state index is 2.58. The summed E-state index contributed by atoms with van der Waals surface area (Å²) in [6.07, 6.45) is 0. The van der Waals surface area contributed by atoms with Crippen molar-refractivity contribution in [1.29, 1.82) is 0 Å². The Morgan fingerprint density at radius 1 is 0.500 bits per heavy atom. The van der Waals surface area contributed by atoms with E-state index in [-0.39, 0.29) is 6.71 Å². The summed E-state index contributed by atoms with van der Waals surface area (Å²) in [4.78, 5) is 2.58. The second-order valence-corrected chi connectivity index (χ2v) is 15.8. The molecule has 0 amide bonds. The van der Waals surface area contributed by atoms with E-state index in [1.165, 1.54) is 92.6 Å². The highest BCUT2D eigenvalue weighted by atomic mass is 32.1. The highest BCUT2D eigenvalue weighted by Crippen LogP contribution is 2.45. The lowest BCUT2D eigenvalue weighted by molar-refractivity contribution is 0.865. The van der Waals surface area contributed by atoms with Gasteiger partial charge in [-0.3, -0.25) is 0 Å². The lowest BCUT2D eigenvalue weighted by atomic mass is 9.37. The van der Waals surface area contributed by atoms with Gasteiger partial charge in [0.2, 0.25) is 6.71 Å². The van der Waals surface area contributed by atoms with E-state index in [1.54, 1.807) is 0 Å². The Balaban J connectivity index is 1.36. The van der Waals surface area contributed by atoms with Crippen LogP contribution < -0.4 is 21.3 Å². The highest BCUT2D eigenvalue weighted by molar-refractivity contribution is 7.25. The van der Waals surface area contributed by atoms with Crippen LogP contribution in [0.5, 0.6) is 0 Å². The van der Waals surface area contributed by atoms with Crippen LogP contribution in [0, 0.1) is 0 Å². The highest BCUT2D eigenvalue weighted by Gasteiger charge is 2.43. The molecule has 3 heteroatoms. The SMILES string of the molecule is CC(C)c1cccc(N2c3cc(C(C)C)ccc3B3c4ccc(C(C)C)cc4-c4cc(-c5ccc6sc7ccccc7c6c5)cc2c43)c1. The van der Waals surface area contributed by atoms with Gasteiger partial charge in [0.15, 0.2) is 0 Å². The van der Waals surface area contributed by atoms with Crippen molar-refractivity contribution in [3.05, 3.63) is 132 Å². The van der Waals surface area contributed by atoms with Crippen molar-refractivity contribution in [2.75, 3.05) is 4.90 Å². The van der Waals surface area contributed by atoms with E-state index in [9.17, 15) is 0 Å². The van der Waals surface area contributed by atoms with Crippen LogP contribution in [0.4, 0.5) is 17.1 Å². The van der Waals surface area contributed by atoms with E-state index in [2.05, 4.69) is 162 Å². The van der Waals surface area contributed by atoms with Crippen LogP contribution in [0.2, 0.25) is 0 Å². The van der Waals surface area contributed by atoms with Crippen molar-refractivity contribution in [3.63, 3.8) is 0 Å². The van der Waals surface area contributed by atoms with Crippen LogP contribution in [0.25, 0.3) is 42.4 Å². The fourth-order valence-corrected chi connectivity index (χ4v) is 9.19. The molecule has 0 spiro atoms. The van der Waals surface area contributed by atoms with Gasteiger partial charge in [-0.05, 0) is 116 Å². The molecule has 1 nitrogen and oxygen atoms in total. The van der Waals surface area contributed by atoms with Crippen LogP contribution in [-0.4, -0.2) is 6.71 Å². The lowest BCUT2D eigenvalue weighted by Gasteiger charge is -2.37. The van der Waals surface area contributed by atoms with Crippen molar-refractivity contribution < 1.29 is 0 Å². The zero-order chi connectivity index (χ0) is 32.8. The molecule has 0 radical (unpaired) electrons. The normalized spacial score (nSPS) is 13.3. The summed E-state index contributed by atoms with van der Waals surface area (Å²) in [7, 11) is 0. The topological polar surface area (TPSA) is 3.24 Å². The molecule has 0 saturated heterocycles. The third-order valence-electron chi connectivity index (χ3n) is 10.8. The second-order valence-electron chi connectivity index (χ2n) is 14.8. The van der Waals surface area contributed by atoms with Crippen LogP contribution >= 0.6 is 11.3 Å². The number of fused-ring (bicyclic) bond motifs is 8. The molecule has 3 heterocycles. The Morgan fingerprint density at radius 3 is 2.00 bits per heavy atom. The molecule has 0 saturated carbocycles. The fourth-order valence-electron chi connectivity index (χ4n) is 8.11. The van der Waals surface area contributed by atoms with Gasteiger partial charge in [0.05, 0.1) is 0 Å². The molecule has 2 aliphatic rings. The van der Waals surface area contributed by atoms with Crippen LogP contribution in [0.1, 0.15) is 76.0 Å². The molecule has 6 aromatic carbocycles. The van der Waals surface area contributed by atoms with Gasteiger partial charge in [-0.15, -0.1) is 11.3 Å². The largest absolute Gasteiger partial charge is 0.311 e. The Morgan fingerprint density at radius 2 is 1.21 bits per heavy atom. The fraction of sp³-hybridized carbons (Fsp3) is 0.200. The van der Waals surface area contributed by atoms with Crippen molar-refractivity contribution in [1.82, 2.24) is 0 Å². The summed E-state index contributed by atoms with van der Waals surface area (Å²) in [5.41, 5.74) is 17.6. The molecule has 234 valence electrons. The molecule has 48 heavy (non-hydrogen) atoms. The Kier molecular flexibility index (Phi) is 6.75. The minimum atomic E-state index is 0.212. The zero-order valence-corrected chi connectivity index (χ0v) is 29.5. The van der Waals surface area contributed by atoms with Crippen molar-refractivity contribution >= 4 is 71.7 Å². The van der Waals surface area contributed by atoms with Gasteiger partial charge in [-0.1, -0.05) is 114 Å². The van der Waals surface area contributed by atoms with E-state index in [0.29, 0.717) is 17.8 Å². The first kappa shape index (κ1) is 29.5. The molecule has 0 atom stereocenters. The number of hydrogen-bond donors (Lipinski definition) is 0. The summed E-state index contributed by atoms with van der Waals surface area (Å²) in [5, 5.41) is 2.69. The Labute approximate surface area is 289 Å². The third-order valence-corrected chi connectivity index (χ3v) is 12.0. The Hall–Kier alpha value is -4.60. The van der Waals surface area contributed by atoms with Crippen LogP contribution in [0.15, 0.2) is 115 Å². The Bertz CT molecular complexity index is 2410. The average Bonchev–Trinajstić information content (AvgIpc) is 3.63. The predicted octanol–water partition coefficient (Wildman–Crippen LogP) is 11.4. The van der Waals surface area contributed by atoms with Crippen molar-refractivity contribution in [3.8, 4) is 22.3 Å². The number of thiophene rings is 1. The number of rotatable bonds is 5. The first-order valence-corrected chi connectivity index (χ1v) is 18.4. The molecule has 9 rings (SSSR count). The van der Waals surface area contributed by atoms with Gasteiger partial charge in [0, 0.05) is 37.2 Å². The summed E-state index contributed by atoms with van der Waals surface area (Å²) in [5.74, 6) is 1.36. The number of anilines is 3. The summed E-state index contributed by atoms with van der Waals surface area (Å²) >= 11 is 1.89. The van der Waals surface area contributed by atoms with E-state index < -0.39 is 0 Å². The molecule has 1 aromatic heterocycles. The molecular weight excluding hydrogens is 597 g/mol. The molecular formula is C45H40BNS. The first-order valence-electron chi connectivity index (χ1n) is 17.5. The number of benzene rings is 6. The summed E-state index contributed by atoms with van der Waals surface area (Å²) in [6, 6.07) is 44.7. The minimum absolute atomic E-state index is 0.212. The second kappa shape index (κ2) is 11.0. The van der Waals surface area contributed by atoms with Gasteiger partial charge >= 0.3 is 0 Å². The quantitative estimate of drug-likeness (QED) is 0.170. The smallest absolute Gasteiger partial charge is 0.248 e. The van der Waals surface area contributed by atoms with Crippen molar-refractivity contribution in [2.24, 2.45) is 0 Å². The van der Waals surface area contributed by atoms with Gasteiger partial charge in [-0.25, -0.2) is 0 Å². The average molecular weight is 638 g/mol. The maximum absolute atomic E-state index is 2.58. The lowest BCUT2D eigenvalue weighted by Crippen LogP contribution is -2.54. The monoisotopic (exact) mass is 637 g/mol. The summed E-state index contributed by atoms with van der Waals surface area (Å²) in [6.45, 7) is 14.0. The van der Waals surface area contributed by atoms with Gasteiger partial charge < -0.3 is 4.90 Å². The van der Waals surface area contributed by atoms with Crippen molar-refractivity contribution in [2.45, 2.75) is 59.3 Å². The molecule has 0 N–H and O–H groups in total. The van der Waals surface area contributed by atoms with E-state index >= 15 is 0 Å². The number of hydrogen-bond acceptors (Lipinski definition) is 2. The molecule has 0 unspecified atom stereocenters. The van der Waals surface area contributed by atoms with Crippen LogP contribution in [0.3, 0.4) is 0 Å². The molecule has 0 bridgehead atoms. The van der Waals surface area contributed by atoms with Crippen LogP contribution in [-0.2, 0) is 0 Å². The van der Waals surface area contributed by atoms with E-state index in [0.717, 1.165) is 0 Å². The van der Waals surface area contributed by atoms with Gasteiger partial charge in [0.25, 0.3) is 0 Å². The molecule has 7 aromatic rings. The van der Waals surface area contributed by atoms with E-state index in [4.69, 9.17) is 0 Å². The van der Waals surface area contributed by atoms with E-state index in [1.807, 2.05) is 11.3 Å². The third kappa shape index (κ3) is 4.44. The zero-order valence-electron chi connectivity index (χ0n) is 28.6. The molecule has 0 fully saturated rings. The molecule has 2 aliphatic heterocycles. The van der Waals surface area contributed by atoms with Gasteiger partial charge in [-0.2, -0.15) is 0 Å². The maximum Gasteiger partial charge on any atom is 0.248 e. The predicted molar refractivity (Wildman–Crippen MR) is 212 cm³/mol. The minimum Gasteiger partial charge on any atom is -0.311 e. The summed E-state index contributed by atoms with van der Waals surface area (Å²) < 4.78 is 2.69.